The van der Waals surface area contributed by atoms with Crippen LogP contribution in [0, 0.1) is 5.82 Å². The van der Waals surface area contributed by atoms with Gasteiger partial charge in [0.1, 0.15) is 0 Å². The SMILES string of the molecule is CC(C)(C[AsH]c1ccc(-c2cnc3[nH]ncc3c2)nn1)c1ccc(F)cc1. The maximum absolute atomic E-state index is 13.2. The molecule has 4 aromatic rings. The van der Waals surface area contributed by atoms with Crippen molar-refractivity contribution in [1.82, 2.24) is 25.4 Å². The van der Waals surface area contributed by atoms with Gasteiger partial charge in [-0.2, -0.15) is 0 Å². The van der Waals surface area contributed by atoms with Crippen LogP contribution in [0.25, 0.3) is 22.3 Å². The number of H-pyrrole nitrogens is 1. The van der Waals surface area contributed by atoms with Gasteiger partial charge in [-0.15, -0.1) is 0 Å². The Morgan fingerprint density at radius 3 is 2.59 bits per heavy atom. The van der Waals surface area contributed by atoms with Crippen molar-refractivity contribution in [3.05, 3.63) is 66.2 Å². The molecule has 136 valence electrons. The molecule has 1 atom stereocenters. The first kappa shape index (κ1) is 17.8. The third-order valence-corrected chi connectivity index (χ3v) is 8.13. The first-order valence-corrected chi connectivity index (χ1v) is 11.2. The molecule has 0 aliphatic carbocycles. The number of pyridine rings is 1. The van der Waals surface area contributed by atoms with E-state index in [0.29, 0.717) is 0 Å². The molecule has 0 aliphatic rings. The van der Waals surface area contributed by atoms with Gasteiger partial charge in [0.05, 0.1) is 0 Å². The van der Waals surface area contributed by atoms with E-state index < -0.39 is 15.8 Å². The predicted molar refractivity (Wildman–Crippen MR) is 106 cm³/mol. The van der Waals surface area contributed by atoms with Crippen LogP contribution in [0.3, 0.4) is 0 Å². The molecule has 0 amide bonds. The number of hydrogen-bond donors (Lipinski definition) is 1. The molecule has 1 aromatic carbocycles. The third-order valence-electron chi connectivity index (χ3n) is 4.59. The number of nitrogens with one attached hydrogen (secondary N) is 1. The molecule has 1 N–H and O–H groups in total. The standard InChI is InChI=1S/C20H19AsFN5/c1-20(2,15-3-5-16(22)6-4-15)12-21-18-8-7-17(25-26-18)13-9-14-11-24-27-19(14)23-10-13/h3-11,21H,12H2,1-2H3,(H,23,24,27). The summed E-state index contributed by atoms with van der Waals surface area (Å²) in [6, 6.07) is 12.9. The summed E-state index contributed by atoms with van der Waals surface area (Å²) in [5, 5.41) is 17.6. The Kier molecular flexibility index (Phi) is 4.75. The molecule has 5 nitrogen and oxygen atoms in total. The molecule has 3 heterocycles. The van der Waals surface area contributed by atoms with Crippen LogP contribution in [0.2, 0.25) is 5.21 Å². The van der Waals surface area contributed by atoms with E-state index in [1.807, 2.05) is 24.3 Å². The Morgan fingerprint density at radius 2 is 1.85 bits per heavy atom. The Hall–Kier alpha value is -2.59. The summed E-state index contributed by atoms with van der Waals surface area (Å²) < 4.78 is 14.2. The minimum atomic E-state index is -0.449. The number of rotatable bonds is 5. The zero-order valence-electron chi connectivity index (χ0n) is 15.1. The molecule has 0 radical (unpaired) electrons. The van der Waals surface area contributed by atoms with Crippen molar-refractivity contribution in [2.24, 2.45) is 0 Å². The molecular formula is C20H19AsFN5. The molecule has 0 bridgehead atoms. The van der Waals surface area contributed by atoms with E-state index in [0.717, 1.165) is 37.5 Å². The molecule has 3 aromatic heterocycles. The van der Waals surface area contributed by atoms with Crippen LogP contribution in [0.1, 0.15) is 19.4 Å². The number of nitrogens with zero attached hydrogens (tertiary/aromatic N) is 4. The van der Waals surface area contributed by atoms with Crippen molar-refractivity contribution in [3.8, 4) is 11.3 Å². The zero-order chi connectivity index (χ0) is 18.9. The maximum atomic E-state index is 13.2. The molecule has 27 heavy (non-hydrogen) atoms. The number of benzene rings is 1. The molecule has 0 saturated heterocycles. The van der Waals surface area contributed by atoms with Crippen LogP contribution in [0.15, 0.2) is 54.9 Å². The molecule has 4 rings (SSSR count). The van der Waals surface area contributed by atoms with E-state index in [1.165, 1.54) is 12.1 Å². The van der Waals surface area contributed by atoms with Crippen molar-refractivity contribution >= 4 is 31.3 Å². The van der Waals surface area contributed by atoms with Gasteiger partial charge in [-0.1, -0.05) is 0 Å². The van der Waals surface area contributed by atoms with Gasteiger partial charge in [0.15, 0.2) is 0 Å². The van der Waals surface area contributed by atoms with Crippen LogP contribution < -0.4 is 4.48 Å². The summed E-state index contributed by atoms with van der Waals surface area (Å²) in [6.45, 7) is 4.38. The quantitative estimate of drug-likeness (QED) is 0.502. The Balaban J connectivity index is 1.46. The van der Waals surface area contributed by atoms with E-state index in [2.05, 4.69) is 45.3 Å². The monoisotopic (exact) mass is 423 g/mol. The Morgan fingerprint density at radius 1 is 1.04 bits per heavy atom. The van der Waals surface area contributed by atoms with Gasteiger partial charge in [-0.05, 0) is 0 Å². The third kappa shape index (κ3) is 3.91. The average Bonchev–Trinajstić information content (AvgIpc) is 3.15. The van der Waals surface area contributed by atoms with Gasteiger partial charge in [-0.25, -0.2) is 0 Å². The van der Waals surface area contributed by atoms with Crippen LogP contribution >= 0.6 is 0 Å². The van der Waals surface area contributed by atoms with Gasteiger partial charge < -0.3 is 0 Å². The number of halogens is 1. The second-order valence-corrected chi connectivity index (χ2v) is 9.64. The molecule has 7 heteroatoms. The fraction of sp³-hybridized carbons (Fsp3) is 0.200. The van der Waals surface area contributed by atoms with E-state index in [1.54, 1.807) is 12.4 Å². The van der Waals surface area contributed by atoms with Gasteiger partial charge in [0.2, 0.25) is 0 Å². The summed E-state index contributed by atoms with van der Waals surface area (Å²) in [4.78, 5) is 4.34. The van der Waals surface area contributed by atoms with Crippen molar-refractivity contribution in [2.45, 2.75) is 24.5 Å². The molecule has 0 aliphatic heterocycles. The van der Waals surface area contributed by atoms with Crippen LogP contribution in [0.5, 0.6) is 0 Å². The number of aromatic nitrogens is 5. The van der Waals surface area contributed by atoms with E-state index in [4.69, 9.17) is 0 Å². The van der Waals surface area contributed by atoms with Crippen molar-refractivity contribution in [1.29, 1.82) is 0 Å². The molecule has 0 fully saturated rings. The zero-order valence-corrected chi connectivity index (χ0v) is 17.2. The molecule has 0 saturated carbocycles. The number of fused-ring (bicyclic) bond motifs is 1. The summed E-state index contributed by atoms with van der Waals surface area (Å²) >= 11 is -0.449. The Bertz CT molecular complexity index is 1060. The summed E-state index contributed by atoms with van der Waals surface area (Å²) in [5.41, 5.74) is 3.63. The van der Waals surface area contributed by atoms with Crippen molar-refractivity contribution in [2.75, 3.05) is 0 Å². The summed E-state index contributed by atoms with van der Waals surface area (Å²) in [7, 11) is 0. The summed E-state index contributed by atoms with van der Waals surface area (Å²) in [6.07, 6.45) is 3.52. The fourth-order valence-electron chi connectivity index (χ4n) is 2.87. The second-order valence-electron chi connectivity index (χ2n) is 7.08. The number of aromatic amines is 1. The first-order chi connectivity index (χ1) is 13.0. The second kappa shape index (κ2) is 7.20. The fourth-order valence-corrected chi connectivity index (χ4v) is 5.28. The van der Waals surface area contributed by atoms with Crippen molar-refractivity contribution in [3.63, 3.8) is 0 Å². The van der Waals surface area contributed by atoms with Crippen LogP contribution in [-0.2, 0) is 5.41 Å². The van der Waals surface area contributed by atoms with Crippen molar-refractivity contribution < 1.29 is 4.39 Å². The van der Waals surface area contributed by atoms with Crippen LogP contribution in [0.4, 0.5) is 4.39 Å². The summed E-state index contributed by atoms with van der Waals surface area (Å²) in [5.74, 6) is -0.199. The van der Waals surface area contributed by atoms with Crippen LogP contribution in [-0.4, -0.2) is 41.1 Å². The van der Waals surface area contributed by atoms with E-state index in [-0.39, 0.29) is 11.2 Å². The normalized spacial score (nSPS) is 12.3. The average molecular weight is 423 g/mol. The van der Waals surface area contributed by atoms with Gasteiger partial charge in [0, 0.05) is 0 Å². The van der Waals surface area contributed by atoms with Gasteiger partial charge in [-0.3, -0.25) is 0 Å². The molecule has 0 spiro atoms. The van der Waals surface area contributed by atoms with Gasteiger partial charge >= 0.3 is 163 Å². The molecular weight excluding hydrogens is 404 g/mol. The number of hydrogen-bond acceptors (Lipinski definition) is 4. The predicted octanol–water partition coefficient (Wildman–Crippen LogP) is 3.01. The molecule has 1 unspecified atom stereocenters. The van der Waals surface area contributed by atoms with Gasteiger partial charge in [0.25, 0.3) is 0 Å². The first-order valence-electron chi connectivity index (χ1n) is 8.64. The topological polar surface area (TPSA) is 67.3 Å². The van der Waals surface area contributed by atoms with E-state index in [9.17, 15) is 4.39 Å². The van der Waals surface area contributed by atoms with E-state index >= 15 is 0 Å². The Labute approximate surface area is 163 Å². The minimum absolute atomic E-state index is 0.00963.